The first kappa shape index (κ1) is 18.5. The van der Waals surface area contributed by atoms with Crippen LogP contribution in [0.3, 0.4) is 0 Å². The summed E-state index contributed by atoms with van der Waals surface area (Å²) in [5, 5.41) is 0.478. The number of hydrogen-bond acceptors (Lipinski definition) is 3. The van der Waals surface area contributed by atoms with Gasteiger partial charge in [0.1, 0.15) is 5.75 Å². The fourth-order valence-corrected chi connectivity index (χ4v) is 3.72. The second-order valence-electron chi connectivity index (χ2n) is 5.85. The zero-order chi connectivity index (χ0) is 18.5. The van der Waals surface area contributed by atoms with E-state index in [0.717, 1.165) is 24.4 Å². The number of rotatable bonds is 6. The summed E-state index contributed by atoms with van der Waals surface area (Å²) < 4.78 is 9.42. The quantitative estimate of drug-likeness (QED) is 0.635. The normalized spacial score (nSPS) is 11.7. The van der Waals surface area contributed by atoms with E-state index in [1.165, 1.54) is 18.4 Å². The maximum absolute atomic E-state index is 12.7. The van der Waals surface area contributed by atoms with Crippen LogP contribution in [0.25, 0.3) is 0 Å². The first-order chi connectivity index (χ1) is 12.6. The summed E-state index contributed by atoms with van der Waals surface area (Å²) in [6.07, 6.45) is 7.07. The Morgan fingerprint density at radius 3 is 2.77 bits per heavy atom. The predicted octanol–water partition coefficient (Wildman–Crippen LogP) is 4.15. The van der Waals surface area contributed by atoms with Gasteiger partial charge in [0, 0.05) is 41.6 Å². The van der Waals surface area contributed by atoms with E-state index in [-0.39, 0.29) is 5.91 Å². The standard InChI is InChI=1S/C19H20ClN3O2S/c1-14-13-23(11-5-10-22-8-3-4-9-22)19(26-14)21-18(24)16-12-15(20)6-7-17(16)25-2/h3-4,6-9,12-13H,5,10-11H2,1-2H3/b21-19-. The van der Waals surface area contributed by atoms with E-state index in [9.17, 15) is 4.79 Å². The highest BCUT2D eigenvalue weighted by Gasteiger charge is 2.13. The van der Waals surface area contributed by atoms with E-state index in [4.69, 9.17) is 16.3 Å². The minimum Gasteiger partial charge on any atom is -0.496 e. The van der Waals surface area contributed by atoms with Gasteiger partial charge in [-0.25, -0.2) is 0 Å². The first-order valence-corrected chi connectivity index (χ1v) is 9.46. The van der Waals surface area contributed by atoms with Crippen molar-refractivity contribution in [2.45, 2.75) is 26.4 Å². The molecule has 1 aromatic carbocycles. The van der Waals surface area contributed by atoms with Crippen molar-refractivity contribution in [2.75, 3.05) is 7.11 Å². The summed E-state index contributed by atoms with van der Waals surface area (Å²) in [6.45, 7) is 3.72. The lowest BCUT2D eigenvalue weighted by atomic mass is 10.2. The van der Waals surface area contributed by atoms with Crippen molar-refractivity contribution in [2.24, 2.45) is 4.99 Å². The molecule has 5 nitrogen and oxygen atoms in total. The summed E-state index contributed by atoms with van der Waals surface area (Å²) in [7, 11) is 1.52. The Hall–Kier alpha value is -2.31. The molecule has 0 saturated heterocycles. The van der Waals surface area contributed by atoms with Crippen molar-refractivity contribution < 1.29 is 9.53 Å². The van der Waals surface area contributed by atoms with Crippen LogP contribution in [0.15, 0.2) is 53.9 Å². The number of carbonyl (C=O) groups is 1. The number of aromatic nitrogens is 2. The molecule has 3 aromatic rings. The minimum atomic E-state index is -0.356. The number of methoxy groups -OCH3 is 1. The zero-order valence-corrected chi connectivity index (χ0v) is 16.3. The summed E-state index contributed by atoms with van der Waals surface area (Å²) in [5.74, 6) is 0.112. The average Bonchev–Trinajstić information content (AvgIpc) is 3.25. The molecule has 0 bridgehead atoms. The molecule has 7 heteroatoms. The Kier molecular flexibility index (Phi) is 5.96. The molecule has 0 unspecified atom stereocenters. The lowest BCUT2D eigenvalue weighted by Gasteiger charge is -2.06. The molecule has 0 atom stereocenters. The van der Waals surface area contributed by atoms with E-state index in [1.807, 2.05) is 42.2 Å². The van der Waals surface area contributed by atoms with Crippen molar-refractivity contribution in [3.63, 3.8) is 0 Å². The van der Waals surface area contributed by atoms with Crippen LogP contribution < -0.4 is 9.54 Å². The Labute approximate surface area is 161 Å². The molecule has 1 amide bonds. The van der Waals surface area contributed by atoms with Gasteiger partial charge in [0.05, 0.1) is 12.7 Å². The van der Waals surface area contributed by atoms with Crippen LogP contribution in [0, 0.1) is 6.92 Å². The van der Waals surface area contributed by atoms with Crippen molar-refractivity contribution in [3.05, 3.63) is 69.2 Å². The second-order valence-corrected chi connectivity index (χ2v) is 7.50. The molecule has 0 fully saturated rings. The van der Waals surface area contributed by atoms with E-state index in [1.54, 1.807) is 18.2 Å². The van der Waals surface area contributed by atoms with Gasteiger partial charge >= 0.3 is 0 Å². The molecule has 3 rings (SSSR count). The van der Waals surface area contributed by atoms with Crippen molar-refractivity contribution in [3.8, 4) is 5.75 Å². The highest BCUT2D eigenvalue weighted by Crippen LogP contribution is 2.23. The summed E-state index contributed by atoms with van der Waals surface area (Å²) in [6, 6.07) is 8.98. The number of carbonyl (C=O) groups excluding carboxylic acids is 1. The van der Waals surface area contributed by atoms with E-state index < -0.39 is 0 Å². The Morgan fingerprint density at radius 2 is 2.04 bits per heavy atom. The summed E-state index contributed by atoms with van der Waals surface area (Å²) in [5.41, 5.74) is 0.366. The smallest absolute Gasteiger partial charge is 0.283 e. The minimum absolute atomic E-state index is 0.356. The molecule has 0 radical (unpaired) electrons. The fourth-order valence-electron chi connectivity index (χ4n) is 2.69. The maximum Gasteiger partial charge on any atom is 0.283 e. The molecule has 26 heavy (non-hydrogen) atoms. The van der Waals surface area contributed by atoms with Crippen LogP contribution in [0.4, 0.5) is 0 Å². The molecule has 0 N–H and O–H groups in total. The SMILES string of the molecule is COc1ccc(Cl)cc1C(=O)/N=c1\sc(C)cn1CCCn1cccc1. The van der Waals surface area contributed by atoms with E-state index in [0.29, 0.717) is 21.1 Å². The summed E-state index contributed by atoms with van der Waals surface area (Å²) >= 11 is 7.52. The highest BCUT2D eigenvalue weighted by molar-refractivity contribution is 7.09. The molecule has 0 aliphatic carbocycles. The predicted molar refractivity (Wildman–Crippen MR) is 104 cm³/mol. The van der Waals surface area contributed by atoms with Crippen LogP contribution in [0.5, 0.6) is 5.75 Å². The lowest BCUT2D eigenvalue weighted by Crippen LogP contribution is -2.17. The number of ether oxygens (including phenoxy) is 1. The van der Waals surface area contributed by atoms with Crippen LogP contribution in [0.1, 0.15) is 21.7 Å². The van der Waals surface area contributed by atoms with Crippen molar-refractivity contribution >= 4 is 28.8 Å². The summed E-state index contributed by atoms with van der Waals surface area (Å²) in [4.78, 5) is 18.8. The Morgan fingerprint density at radius 1 is 1.27 bits per heavy atom. The second kappa shape index (κ2) is 8.38. The van der Waals surface area contributed by atoms with Gasteiger partial charge in [0.25, 0.3) is 5.91 Å². The highest BCUT2D eigenvalue weighted by atomic mass is 35.5. The fraction of sp³-hybridized carbons (Fsp3) is 0.263. The van der Waals surface area contributed by atoms with Gasteiger partial charge in [-0.1, -0.05) is 11.6 Å². The lowest BCUT2D eigenvalue weighted by molar-refractivity contribution is 0.0995. The monoisotopic (exact) mass is 389 g/mol. The van der Waals surface area contributed by atoms with Crippen LogP contribution >= 0.6 is 22.9 Å². The molecule has 0 saturated carbocycles. The van der Waals surface area contributed by atoms with Gasteiger partial charge in [0.2, 0.25) is 0 Å². The number of benzene rings is 1. The molecular formula is C19H20ClN3O2S. The maximum atomic E-state index is 12.7. The third-order valence-corrected chi connectivity index (χ3v) is 5.08. The molecule has 2 aromatic heterocycles. The molecule has 0 aliphatic heterocycles. The average molecular weight is 390 g/mol. The zero-order valence-electron chi connectivity index (χ0n) is 14.7. The molecule has 2 heterocycles. The van der Waals surface area contributed by atoms with E-state index >= 15 is 0 Å². The Bertz CT molecular complexity index is 958. The van der Waals surface area contributed by atoms with Crippen molar-refractivity contribution in [1.82, 2.24) is 9.13 Å². The number of amides is 1. The van der Waals surface area contributed by atoms with Crippen LogP contribution in [0.2, 0.25) is 5.02 Å². The van der Waals surface area contributed by atoms with Crippen LogP contribution in [-0.4, -0.2) is 22.2 Å². The molecular weight excluding hydrogens is 370 g/mol. The number of aryl methyl sites for hydroxylation is 3. The number of nitrogens with zero attached hydrogens (tertiary/aromatic N) is 3. The Balaban J connectivity index is 1.82. The van der Waals surface area contributed by atoms with Gasteiger partial charge in [-0.3, -0.25) is 4.79 Å². The molecule has 0 spiro atoms. The number of halogens is 1. The first-order valence-electron chi connectivity index (χ1n) is 8.27. The van der Waals surface area contributed by atoms with Crippen molar-refractivity contribution in [1.29, 1.82) is 0 Å². The molecule has 136 valence electrons. The van der Waals surface area contributed by atoms with Gasteiger partial charge in [0.15, 0.2) is 4.80 Å². The van der Waals surface area contributed by atoms with Gasteiger partial charge < -0.3 is 13.9 Å². The van der Waals surface area contributed by atoms with Crippen LogP contribution in [-0.2, 0) is 13.1 Å². The van der Waals surface area contributed by atoms with Gasteiger partial charge in [-0.2, -0.15) is 4.99 Å². The molecule has 0 aliphatic rings. The number of hydrogen-bond donors (Lipinski definition) is 0. The van der Waals surface area contributed by atoms with Gasteiger partial charge in [-0.15, -0.1) is 11.3 Å². The number of thiazole rings is 1. The largest absolute Gasteiger partial charge is 0.496 e. The topological polar surface area (TPSA) is 48.5 Å². The van der Waals surface area contributed by atoms with Gasteiger partial charge in [-0.05, 0) is 43.7 Å². The van der Waals surface area contributed by atoms with E-state index in [2.05, 4.69) is 9.56 Å². The third kappa shape index (κ3) is 4.45. The third-order valence-electron chi connectivity index (χ3n) is 3.91.